The summed E-state index contributed by atoms with van der Waals surface area (Å²) in [6.07, 6.45) is 6.99. The van der Waals surface area contributed by atoms with Crippen molar-refractivity contribution in [2.45, 2.75) is 39.2 Å². The van der Waals surface area contributed by atoms with E-state index < -0.39 is 0 Å². The van der Waals surface area contributed by atoms with Crippen LogP contribution in [0.4, 0.5) is 0 Å². The summed E-state index contributed by atoms with van der Waals surface area (Å²) < 4.78 is 7.59. The predicted molar refractivity (Wildman–Crippen MR) is 68.2 cm³/mol. The minimum absolute atomic E-state index is 0.802. The molecule has 0 saturated heterocycles. The van der Waals surface area contributed by atoms with Gasteiger partial charge in [0.1, 0.15) is 0 Å². The highest BCUT2D eigenvalue weighted by Gasteiger charge is 2.14. The molecule has 0 saturated carbocycles. The van der Waals surface area contributed by atoms with Crippen molar-refractivity contribution in [2.24, 2.45) is 0 Å². The van der Waals surface area contributed by atoms with Crippen LogP contribution < -0.4 is 5.32 Å². The van der Waals surface area contributed by atoms with E-state index >= 15 is 0 Å². The molecular weight excluding hydrogens is 214 g/mol. The zero-order valence-corrected chi connectivity index (χ0v) is 10.7. The molecular formula is C13H23N3O. The van der Waals surface area contributed by atoms with Gasteiger partial charge < -0.3 is 14.6 Å². The molecule has 96 valence electrons. The van der Waals surface area contributed by atoms with Crippen LogP contribution in [-0.2, 0) is 24.1 Å². The highest BCUT2D eigenvalue weighted by Crippen LogP contribution is 2.19. The van der Waals surface area contributed by atoms with Gasteiger partial charge in [-0.05, 0) is 32.6 Å². The molecule has 0 bridgehead atoms. The van der Waals surface area contributed by atoms with Gasteiger partial charge >= 0.3 is 0 Å². The van der Waals surface area contributed by atoms with E-state index in [1.807, 2.05) is 13.3 Å². The molecule has 4 nitrogen and oxygen atoms in total. The van der Waals surface area contributed by atoms with Crippen LogP contribution in [0.25, 0.3) is 0 Å². The number of nitrogens with zero attached hydrogens (tertiary/aromatic N) is 2. The van der Waals surface area contributed by atoms with Gasteiger partial charge in [-0.25, -0.2) is 4.98 Å². The number of fused-ring (bicyclic) bond motifs is 1. The lowest BCUT2D eigenvalue weighted by atomic mass is 10.0. The lowest BCUT2D eigenvalue weighted by Gasteiger charge is -2.14. The summed E-state index contributed by atoms with van der Waals surface area (Å²) in [7, 11) is 0. The van der Waals surface area contributed by atoms with Crippen LogP contribution in [0.5, 0.6) is 0 Å². The first-order valence-electron chi connectivity index (χ1n) is 6.73. The third kappa shape index (κ3) is 3.54. The standard InChI is InChI=1S/C13H23N3O/c1-2-17-10-8-14-7-9-16-11-15-12-5-3-4-6-13(12)16/h11,14H,2-10H2,1H3. The Labute approximate surface area is 103 Å². The Bertz CT molecular complexity index is 335. The summed E-state index contributed by atoms with van der Waals surface area (Å²) in [6, 6.07) is 0. The number of aromatic nitrogens is 2. The molecule has 0 aromatic carbocycles. The maximum atomic E-state index is 5.28. The summed E-state index contributed by atoms with van der Waals surface area (Å²) in [4.78, 5) is 4.50. The minimum atomic E-state index is 0.802. The molecule has 0 atom stereocenters. The second-order valence-electron chi connectivity index (χ2n) is 4.49. The Hall–Kier alpha value is -0.870. The Morgan fingerprint density at radius 2 is 2.24 bits per heavy atom. The van der Waals surface area contributed by atoms with Crippen LogP contribution in [-0.4, -0.2) is 35.9 Å². The van der Waals surface area contributed by atoms with Crippen molar-refractivity contribution >= 4 is 0 Å². The Morgan fingerprint density at radius 3 is 3.12 bits per heavy atom. The van der Waals surface area contributed by atoms with Gasteiger partial charge in [-0.15, -0.1) is 0 Å². The molecule has 0 unspecified atom stereocenters. The first kappa shape index (κ1) is 12.6. The number of hydrogen-bond acceptors (Lipinski definition) is 3. The van der Waals surface area contributed by atoms with Crippen LogP contribution in [0.15, 0.2) is 6.33 Å². The second-order valence-corrected chi connectivity index (χ2v) is 4.49. The molecule has 0 fully saturated rings. The quantitative estimate of drug-likeness (QED) is 0.728. The number of ether oxygens (including phenoxy) is 1. The van der Waals surface area contributed by atoms with Crippen molar-refractivity contribution in [1.29, 1.82) is 0 Å². The minimum Gasteiger partial charge on any atom is -0.380 e. The molecule has 0 aliphatic heterocycles. The van der Waals surface area contributed by atoms with Gasteiger partial charge in [0.2, 0.25) is 0 Å². The third-order valence-corrected chi connectivity index (χ3v) is 3.27. The first-order valence-corrected chi connectivity index (χ1v) is 6.73. The number of imidazole rings is 1. The highest BCUT2D eigenvalue weighted by atomic mass is 16.5. The molecule has 1 aliphatic rings. The van der Waals surface area contributed by atoms with Crippen molar-refractivity contribution in [3.8, 4) is 0 Å². The van der Waals surface area contributed by atoms with E-state index in [0.717, 1.165) is 32.8 Å². The lowest BCUT2D eigenvalue weighted by Crippen LogP contribution is -2.24. The summed E-state index contributed by atoms with van der Waals surface area (Å²) in [5, 5.41) is 3.39. The zero-order chi connectivity index (χ0) is 11.9. The maximum Gasteiger partial charge on any atom is 0.0952 e. The molecule has 1 aromatic rings. The highest BCUT2D eigenvalue weighted by molar-refractivity contribution is 5.16. The SMILES string of the molecule is CCOCCNCCn1cnc2c1CCCC2. The van der Waals surface area contributed by atoms with E-state index in [1.165, 1.54) is 37.1 Å². The summed E-state index contributed by atoms with van der Waals surface area (Å²) in [6.45, 7) is 6.59. The lowest BCUT2D eigenvalue weighted by molar-refractivity contribution is 0.149. The van der Waals surface area contributed by atoms with Crippen LogP contribution >= 0.6 is 0 Å². The number of rotatable bonds is 7. The van der Waals surface area contributed by atoms with Gasteiger partial charge in [0.25, 0.3) is 0 Å². The van der Waals surface area contributed by atoms with Crippen molar-refractivity contribution in [3.05, 3.63) is 17.7 Å². The fourth-order valence-electron chi connectivity index (χ4n) is 2.34. The predicted octanol–water partition coefficient (Wildman–Crippen LogP) is 1.39. The summed E-state index contributed by atoms with van der Waals surface area (Å²) in [5.41, 5.74) is 2.79. The molecule has 0 spiro atoms. The van der Waals surface area contributed by atoms with Gasteiger partial charge in [-0.2, -0.15) is 0 Å². The van der Waals surface area contributed by atoms with E-state index in [9.17, 15) is 0 Å². The molecule has 1 N–H and O–H groups in total. The van der Waals surface area contributed by atoms with Crippen LogP contribution in [0.3, 0.4) is 0 Å². The van der Waals surface area contributed by atoms with E-state index in [4.69, 9.17) is 4.74 Å². The largest absolute Gasteiger partial charge is 0.380 e. The maximum absolute atomic E-state index is 5.28. The van der Waals surface area contributed by atoms with Gasteiger partial charge in [-0.3, -0.25) is 0 Å². The normalized spacial score (nSPS) is 14.9. The summed E-state index contributed by atoms with van der Waals surface area (Å²) >= 11 is 0. The molecule has 1 heterocycles. The second kappa shape index (κ2) is 6.77. The van der Waals surface area contributed by atoms with Crippen molar-refractivity contribution in [2.75, 3.05) is 26.3 Å². The third-order valence-electron chi connectivity index (χ3n) is 3.27. The molecule has 0 radical (unpaired) electrons. The van der Waals surface area contributed by atoms with Crippen LogP contribution in [0.2, 0.25) is 0 Å². The van der Waals surface area contributed by atoms with E-state index in [-0.39, 0.29) is 0 Å². The zero-order valence-electron chi connectivity index (χ0n) is 10.7. The summed E-state index contributed by atoms with van der Waals surface area (Å²) in [5.74, 6) is 0. The van der Waals surface area contributed by atoms with Gasteiger partial charge in [-0.1, -0.05) is 0 Å². The fourth-order valence-corrected chi connectivity index (χ4v) is 2.34. The molecule has 1 aromatic heterocycles. The van der Waals surface area contributed by atoms with E-state index in [1.54, 1.807) is 0 Å². The van der Waals surface area contributed by atoms with Gasteiger partial charge in [0.05, 0.1) is 18.6 Å². The van der Waals surface area contributed by atoms with Gasteiger partial charge in [0, 0.05) is 31.9 Å². The fraction of sp³-hybridized carbons (Fsp3) is 0.769. The first-order chi connectivity index (χ1) is 8.42. The van der Waals surface area contributed by atoms with E-state index in [0.29, 0.717) is 0 Å². The smallest absolute Gasteiger partial charge is 0.0952 e. The van der Waals surface area contributed by atoms with Gasteiger partial charge in [0.15, 0.2) is 0 Å². The Kier molecular flexibility index (Phi) is 5.01. The Morgan fingerprint density at radius 1 is 1.35 bits per heavy atom. The van der Waals surface area contributed by atoms with Crippen LogP contribution in [0.1, 0.15) is 31.2 Å². The van der Waals surface area contributed by atoms with Crippen molar-refractivity contribution in [1.82, 2.24) is 14.9 Å². The molecule has 2 rings (SSSR count). The average Bonchev–Trinajstić information content (AvgIpc) is 2.77. The topological polar surface area (TPSA) is 39.1 Å². The number of hydrogen-bond donors (Lipinski definition) is 1. The molecule has 4 heteroatoms. The molecule has 1 aliphatic carbocycles. The van der Waals surface area contributed by atoms with Crippen LogP contribution in [0, 0.1) is 0 Å². The van der Waals surface area contributed by atoms with E-state index in [2.05, 4.69) is 14.9 Å². The van der Waals surface area contributed by atoms with Crippen molar-refractivity contribution < 1.29 is 4.74 Å². The molecule has 17 heavy (non-hydrogen) atoms. The Balaban J connectivity index is 1.70. The van der Waals surface area contributed by atoms with Crippen molar-refractivity contribution in [3.63, 3.8) is 0 Å². The monoisotopic (exact) mass is 237 g/mol. The number of nitrogens with one attached hydrogen (secondary N) is 1. The number of aryl methyl sites for hydroxylation is 1. The average molecular weight is 237 g/mol. The molecule has 0 amide bonds.